The summed E-state index contributed by atoms with van der Waals surface area (Å²) in [5.74, 6) is 0.343. The smallest absolute Gasteiger partial charge is 0.272 e. The van der Waals surface area contributed by atoms with Crippen LogP contribution < -0.4 is 0 Å². The first-order valence-electron chi connectivity index (χ1n) is 8.10. The van der Waals surface area contributed by atoms with E-state index in [1.807, 2.05) is 4.90 Å². The number of rotatable bonds is 5. The summed E-state index contributed by atoms with van der Waals surface area (Å²) in [5, 5.41) is 3.87. The van der Waals surface area contributed by atoms with Gasteiger partial charge in [0.05, 0.1) is 0 Å². The zero-order valence-corrected chi connectivity index (χ0v) is 13.3. The highest BCUT2D eigenvalue weighted by Crippen LogP contribution is 2.24. The Morgan fingerprint density at radius 2 is 2.14 bits per heavy atom. The molecule has 1 aromatic rings. The number of hydrogen-bond acceptors (Lipinski definition) is 2. The molecule has 0 aromatic carbocycles. The van der Waals surface area contributed by atoms with Crippen molar-refractivity contribution < 1.29 is 13.6 Å². The highest BCUT2D eigenvalue weighted by Gasteiger charge is 2.29. The van der Waals surface area contributed by atoms with E-state index in [0.717, 1.165) is 36.8 Å². The van der Waals surface area contributed by atoms with Gasteiger partial charge in [-0.15, -0.1) is 0 Å². The third kappa shape index (κ3) is 4.27. The van der Waals surface area contributed by atoms with Gasteiger partial charge in [-0.25, -0.2) is 8.78 Å². The SMILES string of the molecule is CC(C)C[C@@H]1CCCCCN1C(=O)c1ccnn1CC(F)F. The minimum Gasteiger partial charge on any atom is -0.334 e. The lowest BCUT2D eigenvalue weighted by atomic mass is 9.98. The number of carbonyl (C=O) groups excluding carboxylic acids is 1. The summed E-state index contributed by atoms with van der Waals surface area (Å²) in [6.45, 7) is 4.47. The monoisotopic (exact) mass is 313 g/mol. The molecule has 0 bridgehead atoms. The van der Waals surface area contributed by atoms with Crippen molar-refractivity contribution in [2.24, 2.45) is 5.92 Å². The predicted octanol–water partition coefficient (Wildman–Crippen LogP) is 3.58. The molecule has 4 nitrogen and oxygen atoms in total. The zero-order chi connectivity index (χ0) is 16.1. The first-order chi connectivity index (χ1) is 10.5. The topological polar surface area (TPSA) is 38.1 Å². The van der Waals surface area contributed by atoms with Crippen molar-refractivity contribution in [1.82, 2.24) is 14.7 Å². The normalized spacial score (nSPS) is 19.7. The Kier molecular flexibility index (Phi) is 5.91. The molecule has 1 saturated heterocycles. The van der Waals surface area contributed by atoms with Crippen LogP contribution >= 0.6 is 0 Å². The average molecular weight is 313 g/mol. The van der Waals surface area contributed by atoms with Crippen LogP contribution in [0.25, 0.3) is 0 Å². The van der Waals surface area contributed by atoms with E-state index in [2.05, 4.69) is 18.9 Å². The molecular weight excluding hydrogens is 288 g/mol. The molecule has 0 N–H and O–H groups in total. The number of nitrogens with zero attached hydrogens (tertiary/aromatic N) is 3. The fourth-order valence-corrected chi connectivity index (χ4v) is 3.17. The van der Waals surface area contributed by atoms with Crippen LogP contribution in [0.4, 0.5) is 8.78 Å². The Hall–Kier alpha value is -1.46. The van der Waals surface area contributed by atoms with Gasteiger partial charge in [-0.1, -0.05) is 26.7 Å². The molecule has 1 aliphatic rings. The van der Waals surface area contributed by atoms with Gasteiger partial charge in [0.2, 0.25) is 0 Å². The molecule has 1 atom stereocenters. The Bertz CT molecular complexity index is 487. The minimum atomic E-state index is -2.51. The lowest BCUT2D eigenvalue weighted by Gasteiger charge is -2.31. The Labute approximate surface area is 130 Å². The molecule has 0 aliphatic carbocycles. The number of hydrogen-bond donors (Lipinski definition) is 0. The number of amides is 1. The summed E-state index contributed by atoms with van der Waals surface area (Å²) in [4.78, 5) is 14.7. The van der Waals surface area contributed by atoms with E-state index in [4.69, 9.17) is 0 Å². The van der Waals surface area contributed by atoms with Crippen LogP contribution in [-0.2, 0) is 6.54 Å². The van der Waals surface area contributed by atoms with Crippen LogP contribution in [0.1, 0.15) is 56.4 Å². The molecule has 1 fully saturated rings. The van der Waals surface area contributed by atoms with Gasteiger partial charge < -0.3 is 4.90 Å². The van der Waals surface area contributed by atoms with Gasteiger partial charge in [0, 0.05) is 18.8 Å². The van der Waals surface area contributed by atoms with Crippen molar-refractivity contribution in [2.45, 2.75) is 65.0 Å². The molecule has 6 heteroatoms. The maximum Gasteiger partial charge on any atom is 0.272 e. The van der Waals surface area contributed by atoms with Crippen LogP contribution in [0.2, 0.25) is 0 Å². The molecule has 124 valence electrons. The number of likely N-dealkylation sites (tertiary alicyclic amines) is 1. The largest absolute Gasteiger partial charge is 0.334 e. The Morgan fingerprint density at radius 1 is 1.36 bits per heavy atom. The molecule has 0 saturated carbocycles. The van der Waals surface area contributed by atoms with Crippen LogP contribution in [0.15, 0.2) is 12.3 Å². The molecule has 2 heterocycles. The fraction of sp³-hybridized carbons (Fsp3) is 0.750. The van der Waals surface area contributed by atoms with Crippen LogP contribution in [-0.4, -0.2) is 39.6 Å². The highest BCUT2D eigenvalue weighted by atomic mass is 19.3. The lowest BCUT2D eigenvalue weighted by Crippen LogP contribution is -2.41. The van der Waals surface area contributed by atoms with Crippen molar-refractivity contribution in [1.29, 1.82) is 0 Å². The lowest BCUT2D eigenvalue weighted by molar-refractivity contribution is 0.0637. The fourth-order valence-electron chi connectivity index (χ4n) is 3.17. The van der Waals surface area contributed by atoms with Gasteiger partial charge in [0.25, 0.3) is 12.3 Å². The zero-order valence-electron chi connectivity index (χ0n) is 13.3. The first-order valence-corrected chi connectivity index (χ1v) is 8.10. The van der Waals surface area contributed by atoms with Crippen LogP contribution in [0.3, 0.4) is 0 Å². The third-order valence-corrected chi connectivity index (χ3v) is 4.13. The van der Waals surface area contributed by atoms with Gasteiger partial charge >= 0.3 is 0 Å². The van der Waals surface area contributed by atoms with Crippen molar-refractivity contribution >= 4 is 5.91 Å². The summed E-state index contributed by atoms with van der Waals surface area (Å²) in [6.07, 6.45) is 4.07. The van der Waals surface area contributed by atoms with E-state index in [1.165, 1.54) is 6.20 Å². The van der Waals surface area contributed by atoms with Gasteiger partial charge in [-0.3, -0.25) is 9.48 Å². The van der Waals surface area contributed by atoms with E-state index < -0.39 is 13.0 Å². The molecule has 1 aliphatic heterocycles. The van der Waals surface area contributed by atoms with E-state index in [-0.39, 0.29) is 17.6 Å². The molecule has 1 amide bonds. The van der Waals surface area contributed by atoms with Gasteiger partial charge in [-0.2, -0.15) is 5.10 Å². The molecule has 0 unspecified atom stereocenters. The Balaban J connectivity index is 2.19. The molecule has 22 heavy (non-hydrogen) atoms. The van der Waals surface area contributed by atoms with Crippen molar-refractivity contribution in [3.8, 4) is 0 Å². The Morgan fingerprint density at radius 3 is 2.82 bits per heavy atom. The summed E-state index contributed by atoms with van der Waals surface area (Å²) in [7, 11) is 0. The van der Waals surface area contributed by atoms with E-state index in [0.29, 0.717) is 12.5 Å². The summed E-state index contributed by atoms with van der Waals surface area (Å²) < 4.78 is 26.4. The molecule has 0 spiro atoms. The number of halogens is 2. The van der Waals surface area contributed by atoms with Crippen molar-refractivity contribution in [3.05, 3.63) is 18.0 Å². The molecule has 0 radical (unpaired) electrons. The van der Waals surface area contributed by atoms with Crippen LogP contribution in [0, 0.1) is 5.92 Å². The second-order valence-corrected chi connectivity index (χ2v) is 6.42. The minimum absolute atomic E-state index is 0.161. The second-order valence-electron chi connectivity index (χ2n) is 6.42. The number of alkyl halides is 2. The van der Waals surface area contributed by atoms with Crippen molar-refractivity contribution in [3.63, 3.8) is 0 Å². The van der Waals surface area contributed by atoms with Gasteiger partial charge in [-0.05, 0) is 31.2 Å². The van der Waals surface area contributed by atoms with E-state index in [1.54, 1.807) is 6.07 Å². The summed E-state index contributed by atoms with van der Waals surface area (Å²) in [5.41, 5.74) is 0.274. The summed E-state index contributed by atoms with van der Waals surface area (Å²) >= 11 is 0. The quantitative estimate of drug-likeness (QED) is 0.833. The van der Waals surface area contributed by atoms with E-state index >= 15 is 0 Å². The maximum absolute atomic E-state index is 12.8. The molecular formula is C16H25F2N3O. The maximum atomic E-state index is 12.8. The first kappa shape index (κ1) is 16.9. The standard InChI is InChI=1S/C16H25F2N3O/c1-12(2)10-13-6-4-3-5-9-20(13)16(22)14-7-8-19-21(14)11-15(17)18/h7-8,12-13,15H,3-6,9-11H2,1-2H3/t13-/m0/s1. The number of carbonyl (C=O) groups is 1. The van der Waals surface area contributed by atoms with E-state index in [9.17, 15) is 13.6 Å². The van der Waals surface area contributed by atoms with Gasteiger partial charge in [0.1, 0.15) is 12.2 Å². The predicted molar refractivity (Wildman–Crippen MR) is 81.0 cm³/mol. The molecule has 1 aromatic heterocycles. The second kappa shape index (κ2) is 7.70. The van der Waals surface area contributed by atoms with Crippen molar-refractivity contribution in [2.75, 3.05) is 6.54 Å². The number of aromatic nitrogens is 2. The van der Waals surface area contributed by atoms with Gasteiger partial charge in [0.15, 0.2) is 0 Å². The van der Waals surface area contributed by atoms with Crippen LogP contribution in [0.5, 0.6) is 0 Å². The average Bonchev–Trinajstić information content (AvgIpc) is 2.75. The molecule has 2 rings (SSSR count). The highest BCUT2D eigenvalue weighted by molar-refractivity contribution is 5.92. The third-order valence-electron chi connectivity index (χ3n) is 4.13. The summed E-state index contributed by atoms with van der Waals surface area (Å²) in [6, 6.07) is 1.74.